The molecule has 1 aromatic heterocycles. The summed E-state index contributed by atoms with van der Waals surface area (Å²) in [4.78, 5) is 18.0. The molecule has 3 aromatic rings. The second-order valence-corrected chi connectivity index (χ2v) is 6.46. The fourth-order valence-corrected chi connectivity index (χ4v) is 3.06. The molecule has 1 heterocycles. The first-order valence-electron chi connectivity index (χ1n) is 8.53. The van der Waals surface area contributed by atoms with Crippen LogP contribution in [-0.4, -0.2) is 21.8 Å². The summed E-state index contributed by atoms with van der Waals surface area (Å²) < 4.78 is 0. The molecule has 0 aliphatic rings. The predicted octanol–water partition coefficient (Wildman–Crippen LogP) is 4.54. The smallest absolute Gasteiger partial charge is 0.223 e. The van der Waals surface area contributed by atoms with E-state index in [9.17, 15) is 4.79 Å². The fourth-order valence-electron chi connectivity index (χ4n) is 3.06. The number of carbonyl (C=O) groups excluding carboxylic acids is 1. The van der Waals surface area contributed by atoms with Crippen LogP contribution in [0.5, 0.6) is 0 Å². The maximum absolute atomic E-state index is 12.7. The van der Waals surface area contributed by atoms with Crippen LogP contribution in [0.1, 0.15) is 31.4 Å². The molecule has 3 nitrogen and oxygen atoms in total. The summed E-state index contributed by atoms with van der Waals surface area (Å²) in [5.41, 5.74) is 3.51. The number of H-pyrrole nitrogens is 1. The van der Waals surface area contributed by atoms with Gasteiger partial charge in [-0.1, -0.05) is 48.5 Å². The Morgan fingerprint density at radius 3 is 2.50 bits per heavy atom. The Kier molecular flexibility index (Phi) is 4.99. The summed E-state index contributed by atoms with van der Waals surface area (Å²) in [5, 5.41) is 1.21. The minimum absolute atomic E-state index is 0.195. The molecule has 0 aliphatic heterocycles. The van der Waals surface area contributed by atoms with Crippen LogP contribution in [0.4, 0.5) is 0 Å². The molecule has 0 aliphatic carbocycles. The third kappa shape index (κ3) is 3.67. The van der Waals surface area contributed by atoms with Crippen molar-refractivity contribution < 1.29 is 4.79 Å². The number of hydrogen-bond acceptors (Lipinski definition) is 1. The molecular formula is C21H24N2O. The largest absolute Gasteiger partial charge is 0.361 e. The summed E-state index contributed by atoms with van der Waals surface area (Å²) >= 11 is 0. The number of rotatable bonds is 6. The Morgan fingerprint density at radius 2 is 1.75 bits per heavy atom. The number of hydrogen-bond donors (Lipinski definition) is 1. The van der Waals surface area contributed by atoms with Crippen LogP contribution in [-0.2, 0) is 17.8 Å². The lowest BCUT2D eigenvalue weighted by Gasteiger charge is -2.27. The summed E-state index contributed by atoms with van der Waals surface area (Å²) in [6.45, 7) is 4.82. The number of carbonyl (C=O) groups is 1. The molecule has 124 valence electrons. The van der Waals surface area contributed by atoms with Crippen LogP contribution in [0.25, 0.3) is 10.9 Å². The van der Waals surface area contributed by atoms with E-state index in [1.54, 1.807) is 0 Å². The Labute approximate surface area is 143 Å². The van der Waals surface area contributed by atoms with Gasteiger partial charge in [0.05, 0.1) is 0 Å². The minimum Gasteiger partial charge on any atom is -0.361 e. The SMILES string of the molecule is CC(C)N(Cc1ccccc1)C(=O)CCc1c[nH]c2ccccc12. The van der Waals surface area contributed by atoms with Crippen molar-refractivity contribution >= 4 is 16.8 Å². The third-order valence-electron chi connectivity index (χ3n) is 4.42. The monoisotopic (exact) mass is 320 g/mol. The van der Waals surface area contributed by atoms with E-state index in [0.717, 1.165) is 11.9 Å². The molecule has 0 spiro atoms. The highest BCUT2D eigenvalue weighted by atomic mass is 16.2. The lowest BCUT2D eigenvalue weighted by atomic mass is 10.1. The van der Waals surface area contributed by atoms with E-state index < -0.39 is 0 Å². The van der Waals surface area contributed by atoms with Crippen LogP contribution < -0.4 is 0 Å². The van der Waals surface area contributed by atoms with Crippen molar-refractivity contribution in [1.82, 2.24) is 9.88 Å². The van der Waals surface area contributed by atoms with Crippen LogP contribution >= 0.6 is 0 Å². The fraction of sp³-hybridized carbons (Fsp3) is 0.286. The maximum Gasteiger partial charge on any atom is 0.223 e. The lowest BCUT2D eigenvalue weighted by Crippen LogP contribution is -2.36. The van der Waals surface area contributed by atoms with Gasteiger partial charge in [-0.3, -0.25) is 4.79 Å². The Hall–Kier alpha value is -2.55. The average molecular weight is 320 g/mol. The van der Waals surface area contributed by atoms with Gasteiger partial charge < -0.3 is 9.88 Å². The van der Waals surface area contributed by atoms with E-state index in [0.29, 0.717) is 13.0 Å². The van der Waals surface area contributed by atoms with E-state index in [2.05, 4.69) is 43.1 Å². The van der Waals surface area contributed by atoms with Crippen molar-refractivity contribution in [2.45, 2.75) is 39.3 Å². The third-order valence-corrected chi connectivity index (χ3v) is 4.42. The van der Waals surface area contributed by atoms with Crippen molar-refractivity contribution in [3.05, 3.63) is 71.9 Å². The molecule has 3 heteroatoms. The molecular weight excluding hydrogens is 296 g/mol. The van der Waals surface area contributed by atoms with Gasteiger partial charge in [0.25, 0.3) is 0 Å². The van der Waals surface area contributed by atoms with E-state index in [1.807, 2.05) is 41.4 Å². The normalized spacial score (nSPS) is 11.1. The van der Waals surface area contributed by atoms with E-state index in [1.165, 1.54) is 16.5 Å². The summed E-state index contributed by atoms with van der Waals surface area (Å²) in [6.07, 6.45) is 3.32. The van der Waals surface area contributed by atoms with Gasteiger partial charge in [-0.15, -0.1) is 0 Å². The molecule has 0 bridgehead atoms. The first kappa shape index (κ1) is 16.3. The average Bonchev–Trinajstić information content (AvgIpc) is 3.01. The number of aromatic amines is 1. The van der Waals surface area contributed by atoms with Gasteiger partial charge >= 0.3 is 0 Å². The van der Waals surface area contributed by atoms with Gasteiger partial charge in [-0.25, -0.2) is 0 Å². The molecule has 0 fully saturated rings. The molecule has 0 saturated carbocycles. The topological polar surface area (TPSA) is 36.1 Å². The zero-order valence-corrected chi connectivity index (χ0v) is 14.3. The zero-order valence-electron chi connectivity index (χ0n) is 14.3. The Balaban J connectivity index is 1.67. The quantitative estimate of drug-likeness (QED) is 0.711. The number of aromatic nitrogens is 1. The molecule has 24 heavy (non-hydrogen) atoms. The summed E-state index contributed by atoms with van der Waals surface area (Å²) in [6, 6.07) is 18.6. The van der Waals surface area contributed by atoms with Crippen molar-refractivity contribution in [1.29, 1.82) is 0 Å². The second kappa shape index (κ2) is 7.35. The number of fused-ring (bicyclic) bond motifs is 1. The highest BCUT2D eigenvalue weighted by molar-refractivity contribution is 5.84. The summed E-state index contributed by atoms with van der Waals surface area (Å²) in [5.74, 6) is 0.208. The standard InChI is InChI=1S/C21H24N2O/c1-16(2)23(15-17-8-4-3-5-9-17)21(24)13-12-18-14-22-20-11-7-6-10-19(18)20/h3-11,14,16,22H,12-13,15H2,1-2H3. The molecule has 0 saturated heterocycles. The van der Waals surface area contributed by atoms with Gasteiger partial charge in [0.1, 0.15) is 0 Å². The van der Waals surface area contributed by atoms with E-state index >= 15 is 0 Å². The molecule has 0 unspecified atom stereocenters. The van der Waals surface area contributed by atoms with E-state index in [-0.39, 0.29) is 11.9 Å². The summed E-state index contributed by atoms with van der Waals surface area (Å²) in [7, 11) is 0. The molecule has 1 amide bonds. The van der Waals surface area contributed by atoms with Crippen LogP contribution in [0.2, 0.25) is 0 Å². The highest BCUT2D eigenvalue weighted by Gasteiger charge is 2.17. The van der Waals surface area contributed by atoms with Crippen LogP contribution in [0, 0.1) is 0 Å². The number of amides is 1. The molecule has 0 atom stereocenters. The maximum atomic E-state index is 12.7. The van der Waals surface area contributed by atoms with Crippen molar-refractivity contribution in [3.63, 3.8) is 0 Å². The lowest BCUT2D eigenvalue weighted by molar-refractivity contribution is -0.133. The number of benzene rings is 2. The number of aryl methyl sites for hydroxylation is 1. The van der Waals surface area contributed by atoms with Gasteiger partial charge in [-0.2, -0.15) is 0 Å². The van der Waals surface area contributed by atoms with Crippen molar-refractivity contribution in [3.8, 4) is 0 Å². The van der Waals surface area contributed by atoms with Gasteiger partial charge in [-0.05, 0) is 37.5 Å². The number of para-hydroxylation sites is 1. The number of nitrogens with one attached hydrogen (secondary N) is 1. The van der Waals surface area contributed by atoms with Crippen LogP contribution in [0.3, 0.4) is 0 Å². The van der Waals surface area contributed by atoms with Crippen molar-refractivity contribution in [2.75, 3.05) is 0 Å². The van der Waals surface area contributed by atoms with Crippen molar-refractivity contribution in [2.24, 2.45) is 0 Å². The van der Waals surface area contributed by atoms with Gasteiger partial charge in [0.15, 0.2) is 0 Å². The molecule has 1 N–H and O–H groups in total. The van der Waals surface area contributed by atoms with E-state index in [4.69, 9.17) is 0 Å². The Bertz CT molecular complexity index is 805. The number of nitrogens with zero attached hydrogens (tertiary/aromatic N) is 1. The molecule has 2 aromatic carbocycles. The van der Waals surface area contributed by atoms with Gasteiger partial charge in [0.2, 0.25) is 5.91 Å². The molecule has 0 radical (unpaired) electrons. The minimum atomic E-state index is 0.195. The second-order valence-electron chi connectivity index (χ2n) is 6.46. The zero-order chi connectivity index (χ0) is 16.9. The van der Waals surface area contributed by atoms with Gasteiger partial charge in [0, 0.05) is 36.1 Å². The first-order chi connectivity index (χ1) is 11.6. The van der Waals surface area contributed by atoms with Crippen LogP contribution in [0.15, 0.2) is 60.8 Å². The predicted molar refractivity (Wildman–Crippen MR) is 98.7 cm³/mol. The molecule has 3 rings (SSSR count). The Morgan fingerprint density at radius 1 is 1.04 bits per heavy atom. The highest BCUT2D eigenvalue weighted by Crippen LogP contribution is 2.20. The first-order valence-corrected chi connectivity index (χ1v) is 8.53.